The van der Waals surface area contributed by atoms with Crippen LogP contribution in [-0.4, -0.2) is 18.4 Å². The Kier molecular flexibility index (Phi) is 8.80. The second kappa shape index (κ2) is 10.6. The van der Waals surface area contributed by atoms with Gasteiger partial charge in [0.1, 0.15) is 5.75 Å². The third kappa shape index (κ3) is 7.68. The zero-order valence-corrected chi connectivity index (χ0v) is 14.4. The van der Waals surface area contributed by atoms with E-state index in [1.165, 1.54) is 12.8 Å². The zero-order chi connectivity index (χ0) is 17.1. The van der Waals surface area contributed by atoms with Gasteiger partial charge in [0.25, 0.3) is 5.91 Å². The summed E-state index contributed by atoms with van der Waals surface area (Å²) in [6.07, 6.45) is 5.87. The van der Waals surface area contributed by atoms with E-state index in [9.17, 15) is 9.59 Å². The first-order valence-electron chi connectivity index (χ1n) is 8.31. The molecular formula is C18H28N2O3. The molecule has 0 aliphatic carbocycles. The first kappa shape index (κ1) is 19.0. The molecule has 0 unspecified atom stereocenters. The number of benzene rings is 1. The largest absolute Gasteiger partial charge is 0.483 e. The van der Waals surface area contributed by atoms with Crippen molar-refractivity contribution >= 4 is 11.8 Å². The zero-order valence-electron chi connectivity index (χ0n) is 14.4. The van der Waals surface area contributed by atoms with Crippen molar-refractivity contribution in [2.45, 2.75) is 59.3 Å². The summed E-state index contributed by atoms with van der Waals surface area (Å²) >= 11 is 0. The number of rotatable bonds is 9. The van der Waals surface area contributed by atoms with Crippen molar-refractivity contribution in [3.8, 4) is 5.75 Å². The number of aryl methyl sites for hydroxylation is 1. The highest BCUT2D eigenvalue weighted by molar-refractivity contribution is 5.82. The van der Waals surface area contributed by atoms with Crippen molar-refractivity contribution in [2.24, 2.45) is 0 Å². The highest BCUT2D eigenvalue weighted by Crippen LogP contribution is 2.20. The van der Waals surface area contributed by atoms with Crippen molar-refractivity contribution in [1.29, 1.82) is 0 Å². The van der Waals surface area contributed by atoms with E-state index in [4.69, 9.17) is 4.74 Å². The highest BCUT2D eigenvalue weighted by Gasteiger charge is 2.07. The fraction of sp³-hybridized carbons (Fsp3) is 0.556. The summed E-state index contributed by atoms with van der Waals surface area (Å²) in [4.78, 5) is 23.3. The molecule has 1 aromatic rings. The van der Waals surface area contributed by atoms with Crippen LogP contribution in [0.1, 0.15) is 56.6 Å². The van der Waals surface area contributed by atoms with E-state index in [1.807, 2.05) is 32.0 Å². The molecule has 0 aromatic heterocycles. The molecule has 0 atom stereocenters. The molecule has 1 rings (SSSR count). The molecule has 0 spiro atoms. The van der Waals surface area contributed by atoms with Crippen LogP contribution in [0.15, 0.2) is 18.2 Å². The summed E-state index contributed by atoms with van der Waals surface area (Å²) in [5.74, 6) is 0.147. The Bertz CT molecular complexity index is 515. The van der Waals surface area contributed by atoms with E-state index in [1.54, 1.807) is 0 Å². The Morgan fingerprint density at radius 3 is 2.43 bits per heavy atom. The minimum atomic E-state index is -0.370. The molecule has 5 nitrogen and oxygen atoms in total. The maximum Gasteiger partial charge on any atom is 0.276 e. The van der Waals surface area contributed by atoms with E-state index in [0.717, 1.165) is 30.4 Å². The van der Waals surface area contributed by atoms with Gasteiger partial charge in [-0.15, -0.1) is 0 Å². The molecule has 2 N–H and O–H groups in total. The van der Waals surface area contributed by atoms with Crippen molar-refractivity contribution in [2.75, 3.05) is 6.61 Å². The quantitative estimate of drug-likeness (QED) is 0.542. The fourth-order valence-corrected chi connectivity index (χ4v) is 2.15. The average Bonchev–Trinajstić information content (AvgIpc) is 2.54. The Labute approximate surface area is 138 Å². The minimum Gasteiger partial charge on any atom is -0.483 e. The van der Waals surface area contributed by atoms with Gasteiger partial charge in [0, 0.05) is 6.42 Å². The molecule has 0 bridgehead atoms. The normalized spacial score (nSPS) is 10.2. The van der Waals surface area contributed by atoms with Gasteiger partial charge in [-0.25, -0.2) is 0 Å². The smallest absolute Gasteiger partial charge is 0.276 e. The van der Waals surface area contributed by atoms with Gasteiger partial charge in [-0.2, -0.15) is 0 Å². The van der Waals surface area contributed by atoms with Crippen molar-refractivity contribution in [3.05, 3.63) is 29.3 Å². The van der Waals surface area contributed by atoms with E-state index in [2.05, 4.69) is 17.8 Å². The number of unbranched alkanes of at least 4 members (excludes halogenated alkanes) is 4. The molecule has 0 saturated carbocycles. The van der Waals surface area contributed by atoms with E-state index in [0.29, 0.717) is 12.2 Å². The summed E-state index contributed by atoms with van der Waals surface area (Å²) < 4.78 is 5.47. The van der Waals surface area contributed by atoms with Gasteiger partial charge in [-0.1, -0.05) is 44.7 Å². The van der Waals surface area contributed by atoms with Crippen LogP contribution < -0.4 is 15.6 Å². The van der Waals surface area contributed by atoms with Crippen LogP contribution in [0.4, 0.5) is 0 Å². The lowest BCUT2D eigenvalue weighted by Gasteiger charge is -2.11. The highest BCUT2D eigenvalue weighted by atomic mass is 16.5. The van der Waals surface area contributed by atoms with Crippen LogP contribution in [-0.2, 0) is 9.59 Å². The summed E-state index contributed by atoms with van der Waals surface area (Å²) in [5, 5.41) is 0. The number of nitrogens with one attached hydrogen (secondary N) is 2. The summed E-state index contributed by atoms with van der Waals surface area (Å²) in [6.45, 7) is 5.97. The molecule has 0 radical (unpaired) electrons. The molecule has 0 saturated heterocycles. The maximum atomic E-state index is 11.7. The first-order valence-corrected chi connectivity index (χ1v) is 8.31. The van der Waals surface area contributed by atoms with Crippen molar-refractivity contribution < 1.29 is 14.3 Å². The van der Waals surface area contributed by atoms with E-state index < -0.39 is 0 Å². The van der Waals surface area contributed by atoms with Gasteiger partial charge in [-0.3, -0.25) is 20.4 Å². The SMILES string of the molecule is CCCCCCCC(=O)NNC(=O)COc1cccc(C)c1C. The average molecular weight is 320 g/mol. The standard InChI is InChI=1S/C18H28N2O3/c1-4-5-6-7-8-12-17(21)19-20-18(22)13-23-16-11-9-10-14(2)15(16)3/h9-11H,4-8,12-13H2,1-3H3,(H,19,21)(H,20,22). The van der Waals surface area contributed by atoms with Crippen LogP contribution in [0.2, 0.25) is 0 Å². The number of carbonyl (C=O) groups excluding carboxylic acids is 2. The summed E-state index contributed by atoms with van der Waals surface area (Å²) in [7, 11) is 0. The lowest BCUT2D eigenvalue weighted by Crippen LogP contribution is -2.43. The minimum absolute atomic E-state index is 0.124. The fourth-order valence-electron chi connectivity index (χ4n) is 2.15. The maximum absolute atomic E-state index is 11.7. The van der Waals surface area contributed by atoms with Gasteiger partial charge in [0.15, 0.2) is 6.61 Å². The lowest BCUT2D eigenvalue weighted by atomic mass is 10.1. The predicted octanol–water partition coefficient (Wildman–Crippen LogP) is 3.19. The molecular weight excluding hydrogens is 292 g/mol. The predicted molar refractivity (Wildman–Crippen MR) is 91.1 cm³/mol. The molecule has 5 heteroatoms. The first-order chi connectivity index (χ1) is 11.0. The van der Waals surface area contributed by atoms with Gasteiger partial charge < -0.3 is 4.74 Å². The second-order valence-electron chi connectivity index (χ2n) is 5.75. The number of hydrogen-bond acceptors (Lipinski definition) is 3. The number of hydrazine groups is 1. The molecule has 0 aliphatic rings. The van der Waals surface area contributed by atoms with E-state index >= 15 is 0 Å². The van der Waals surface area contributed by atoms with Crippen LogP contribution >= 0.6 is 0 Å². The summed E-state index contributed by atoms with van der Waals surface area (Å²) in [5.41, 5.74) is 6.91. The number of ether oxygens (including phenoxy) is 1. The Morgan fingerprint density at radius 1 is 1.00 bits per heavy atom. The molecule has 0 fully saturated rings. The summed E-state index contributed by atoms with van der Waals surface area (Å²) in [6, 6.07) is 5.70. The van der Waals surface area contributed by atoms with Crippen LogP contribution in [0, 0.1) is 13.8 Å². The molecule has 1 aromatic carbocycles. The Morgan fingerprint density at radius 2 is 1.70 bits per heavy atom. The van der Waals surface area contributed by atoms with Crippen LogP contribution in [0.3, 0.4) is 0 Å². The van der Waals surface area contributed by atoms with Gasteiger partial charge >= 0.3 is 0 Å². The van der Waals surface area contributed by atoms with Gasteiger partial charge in [-0.05, 0) is 37.5 Å². The number of amides is 2. The van der Waals surface area contributed by atoms with Crippen molar-refractivity contribution in [3.63, 3.8) is 0 Å². The van der Waals surface area contributed by atoms with Crippen LogP contribution in [0.5, 0.6) is 5.75 Å². The number of carbonyl (C=O) groups is 2. The van der Waals surface area contributed by atoms with Gasteiger partial charge in [0.05, 0.1) is 0 Å². The second-order valence-corrected chi connectivity index (χ2v) is 5.75. The van der Waals surface area contributed by atoms with E-state index in [-0.39, 0.29) is 18.4 Å². The molecule has 23 heavy (non-hydrogen) atoms. The van der Waals surface area contributed by atoms with Crippen molar-refractivity contribution in [1.82, 2.24) is 10.9 Å². The van der Waals surface area contributed by atoms with Gasteiger partial charge in [0.2, 0.25) is 5.91 Å². The number of hydrogen-bond donors (Lipinski definition) is 2. The lowest BCUT2D eigenvalue weighted by molar-refractivity contribution is -0.130. The molecule has 128 valence electrons. The third-order valence-corrected chi connectivity index (χ3v) is 3.76. The monoisotopic (exact) mass is 320 g/mol. The Hall–Kier alpha value is -2.04. The third-order valence-electron chi connectivity index (χ3n) is 3.76. The molecule has 0 aliphatic heterocycles. The Balaban J connectivity index is 2.19. The van der Waals surface area contributed by atoms with Crippen LogP contribution in [0.25, 0.3) is 0 Å². The molecule has 0 heterocycles. The molecule has 2 amide bonds. The topological polar surface area (TPSA) is 67.4 Å².